The summed E-state index contributed by atoms with van der Waals surface area (Å²) in [7, 11) is -3.46. The highest BCUT2D eigenvalue weighted by molar-refractivity contribution is 7.90. The number of hydrogen-bond donors (Lipinski definition) is 0. The lowest BCUT2D eigenvalue weighted by Crippen LogP contribution is -2.45. The van der Waals surface area contributed by atoms with Crippen molar-refractivity contribution in [2.75, 3.05) is 6.26 Å². The van der Waals surface area contributed by atoms with E-state index in [1.807, 2.05) is 46.8 Å². The summed E-state index contributed by atoms with van der Waals surface area (Å²) in [5.41, 5.74) is 1.87. The Kier molecular flexibility index (Phi) is 9.58. The molecule has 1 fully saturated rings. The van der Waals surface area contributed by atoms with E-state index in [0.717, 1.165) is 6.26 Å². The van der Waals surface area contributed by atoms with Crippen molar-refractivity contribution in [3.05, 3.63) is 53.2 Å². The number of ether oxygens (including phenoxy) is 3. The molecule has 0 radical (unpaired) electrons. The van der Waals surface area contributed by atoms with E-state index in [1.165, 1.54) is 12.1 Å². The molecule has 1 aliphatic rings. The Bertz CT molecular complexity index is 1350. The van der Waals surface area contributed by atoms with Crippen LogP contribution in [0.3, 0.4) is 0 Å². The van der Waals surface area contributed by atoms with E-state index >= 15 is 0 Å². The van der Waals surface area contributed by atoms with Crippen molar-refractivity contribution in [2.45, 2.75) is 103 Å². The maximum absolute atomic E-state index is 13.8. The summed E-state index contributed by atoms with van der Waals surface area (Å²) in [5.74, 6) is -1.56. The molecule has 10 heteroatoms. The van der Waals surface area contributed by atoms with Crippen LogP contribution >= 0.6 is 0 Å². The number of benzene rings is 1. The van der Waals surface area contributed by atoms with E-state index in [9.17, 15) is 17.6 Å². The molecule has 2 heterocycles. The van der Waals surface area contributed by atoms with Gasteiger partial charge in [-0.25, -0.2) is 22.8 Å². The predicted octanol–water partition coefficient (Wildman–Crippen LogP) is 6.17. The maximum Gasteiger partial charge on any atom is 0.308 e. The molecule has 0 N–H and O–H groups in total. The van der Waals surface area contributed by atoms with Crippen molar-refractivity contribution in [3.63, 3.8) is 0 Å². The molecule has 1 aromatic carbocycles. The van der Waals surface area contributed by atoms with Crippen molar-refractivity contribution < 1.29 is 31.8 Å². The minimum atomic E-state index is -3.46. The average molecular weight is 577 g/mol. The summed E-state index contributed by atoms with van der Waals surface area (Å²) in [6, 6.07) is 5.90. The first-order valence-electron chi connectivity index (χ1n) is 13.5. The van der Waals surface area contributed by atoms with E-state index in [1.54, 1.807) is 32.9 Å². The van der Waals surface area contributed by atoms with Crippen LogP contribution < -0.4 is 0 Å². The second kappa shape index (κ2) is 12.0. The van der Waals surface area contributed by atoms with Gasteiger partial charge in [-0.3, -0.25) is 4.79 Å². The third-order valence-corrected chi connectivity index (χ3v) is 7.83. The van der Waals surface area contributed by atoms with E-state index < -0.39 is 44.5 Å². The number of hydrogen-bond acceptors (Lipinski definition) is 8. The Morgan fingerprint density at radius 3 is 2.33 bits per heavy atom. The zero-order valence-electron chi connectivity index (χ0n) is 24.8. The number of rotatable bonds is 8. The maximum atomic E-state index is 13.8. The minimum Gasteiger partial charge on any atom is -0.460 e. The number of halogens is 1. The molecule has 220 valence electrons. The summed E-state index contributed by atoms with van der Waals surface area (Å²) in [5, 5.41) is -0.921. The van der Waals surface area contributed by atoms with Crippen LogP contribution in [-0.2, 0) is 28.8 Å². The average Bonchev–Trinajstić information content (AvgIpc) is 2.79. The Morgan fingerprint density at radius 1 is 1.15 bits per heavy atom. The van der Waals surface area contributed by atoms with Crippen molar-refractivity contribution >= 4 is 21.9 Å². The number of sulfone groups is 1. The summed E-state index contributed by atoms with van der Waals surface area (Å²) >= 11 is 0. The molecule has 0 aliphatic carbocycles. The van der Waals surface area contributed by atoms with Crippen LogP contribution in [0.5, 0.6) is 0 Å². The molecule has 0 saturated carbocycles. The van der Waals surface area contributed by atoms with Crippen LogP contribution in [-0.4, -0.2) is 54.2 Å². The van der Waals surface area contributed by atoms with Gasteiger partial charge in [-0.15, -0.1) is 0 Å². The molecule has 8 nitrogen and oxygen atoms in total. The second-order valence-electron chi connectivity index (χ2n) is 12.0. The molecule has 3 rings (SSSR count). The topological polar surface area (TPSA) is 105 Å². The Balaban J connectivity index is 2.04. The highest BCUT2D eigenvalue weighted by atomic mass is 32.2. The van der Waals surface area contributed by atoms with Gasteiger partial charge in [0, 0.05) is 23.8 Å². The molecule has 1 aliphatic heterocycles. The van der Waals surface area contributed by atoms with Crippen molar-refractivity contribution in [2.24, 2.45) is 0 Å². The van der Waals surface area contributed by atoms with E-state index in [-0.39, 0.29) is 24.1 Å². The van der Waals surface area contributed by atoms with E-state index in [2.05, 4.69) is 9.97 Å². The molecule has 2 aromatic rings. The van der Waals surface area contributed by atoms with Crippen molar-refractivity contribution in [1.29, 1.82) is 0 Å². The number of esters is 1. The Labute approximate surface area is 237 Å². The number of nitrogens with zero attached hydrogens (tertiary/aromatic N) is 2. The van der Waals surface area contributed by atoms with Gasteiger partial charge in [0.25, 0.3) is 0 Å². The summed E-state index contributed by atoms with van der Waals surface area (Å²) in [6.07, 6.45) is 4.60. The predicted molar refractivity (Wildman–Crippen MR) is 153 cm³/mol. The SMILES string of the molecule is CC(C)c1nc(C(C)S(C)(=O)=O)nc(-c2ccc(F)cc2)c1/C=C/C1CC(CC(=O)OC(C)(C)C)OC(C)(C)O1. The zero-order chi connectivity index (χ0) is 30.0. The van der Waals surface area contributed by atoms with Gasteiger partial charge in [0.2, 0.25) is 0 Å². The van der Waals surface area contributed by atoms with Crippen molar-refractivity contribution in [1.82, 2.24) is 9.97 Å². The fourth-order valence-corrected chi connectivity index (χ4v) is 4.96. The first-order chi connectivity index (χ1) is 18.3. The molecule has 1 saturated heterocycles. The molecule has 3 unspecified atom stereocenters. The van der Waals surface area contributed by atoms with Gasteiger partial charge in [0.15, 0.2) is 15.6 Å². The Morgan fingerprint density at radius 2 is 1.77 bits per heavy atom. The van der Waals surface area contributed by atoms with Gasteiger partial charge < -0.3 is 14.2 Å². The summed E-state index contributed by atoms with van der Waals surface area (Å²) in [6.45, 7) is 14.5. The zero-order valence-corrected chi connectivity index (χ0v) is 25.6. The first kappa shape index (κ1) is 31.8. The quantitative estimate of drug-likeness (QED) is 0.344. The Hall–Kier alpha value is -2.69. The van der Waals surface area contributed by atoms with Gasteiger partial charge in [0.05, 0.1) is 30.0 Å². The fraction of sp³-hybridized carbons (Fsp3) is 0.567. The lowest BCUT2D eigenvalue weighted by molar-refractivity contribution is -0.290. The van der Waals surface area contributed by atoms with Gasteiger partial charge in [0.1, 0.15) is 22.5 Å². The summed E-state index contributed by atoms with van der Waals surface area (Å²) < 4.78 is 56.1. The van der Waals surface area contributed by atoms with Crippen LogP contribution in [0.2, 0.25) is 0 Å². The highest BCUT2D eigenvalue weighted by Crippen LogP contribution is 2.34. The van der Waals surface area contributed by atoms with Crippen molar-refractivity contribution in [3.8, 4) is 11.3 Å². The summed E-state index contributed by atoms with van der Waals surface area (Å²) in [4.78, 5) is 21.8. The molecule has 1 aromatic heterocycles. The van der Waals surface area contributed by atoms with Crippen LogP contribution in [0.15, 0.2) is 30.3 Å². The van der Waals surface area contributed by atoms with Crippen LogP contribution in [0, 0.1) is 5.82 Å². The van der Waals surface area contributed by atoms with Crippen LogP contribution in [0.25, 0.3) is 17.3 Å². The second-order valence-corrected chi connectivity index (χ2v) is 14.4. The fourth-order valence-electron chi connectivity index (χ4n) is 4.47. The largest absolute Gasteiger partial charge is 0.460 e. The number of carbonyl (C=O) groups is 1. The smallest absolute Gasteiger partial charge is 0.308 e. The van der Waals surface area contributed by atoms with E-state index in [4.69, 9.17) is 14.2 Å². The lowest BCUT2D eigenvalue weighted by atomic mass is 9.96. The number of carbonyl (C=O) groups excluding carboxylic acids is 1. The first-order valence-corrected chi connectivity index (χ1v) is 15.4. The third-order valence-electron chi connectivity index (χ3n) is 6.34. The standard InChI is InChI=1S/C30H41FN2O6S/c1-18(2)26-24(15-14-22-16-23(38-30(7,8)37-22)17-25(34)39-29(4,5)6)27(20-10-12-21(31)13-11-20)33-28(32-26)19(3)40(9,35)36/h10-15,18-19,22-23H,16-17H2,1-9H3/b15-14+. The van der Waals surface area contributed by atoms with Gasteiger partial charge in [-0.2, -0.15) is 0 Å². The number of aromatic nitrogens is 2. The lowest BCUT2D eigenvalue weighted by Gasteiger charge is -2.39. The van der Waals surface area contributed by atoms with E-state index in [0.29, 0.717) is 28.9 Å². The van der Waals surface area contributed by atoms with Gasteiger partial charge in [-0.1, -0.05) is 26.0 Å². The molecule has 3 atom stereocenters. The molecular formula is C30H41FN2O6S. The molecule has 0 spiro atoms. The van der Waals surface area contributed by atoms with Gasteiger partial charge >= 0.3 is 5.97 Å². The molecule has 0 bridgehead atoms. The normalized spacial score (nSPS) is 20.6. The van der Waals surface area contributed by atoms with Crippen LogP contribution in [0.1, 0.15) is 96.5 Å². The molecule has 40 heavy (non-hydrogen) atoms. The monoisotopic (exact) mass is 576 g/mol. The highest BCUT2D eigenvalue weighted by Gasteiger charge is 2.36. The van der Waals surface area contributed by atoms with Crippen LogP contribution in [0.4, 0.5) is 4.39 Å². The third kappa shape index (κ3) is 8.65. The minimum absolute atomic E-state index is 0.0701. The molecular weight excluding hydrogens is 535 g/mol. The molecule has 0 amide bonds. The van der Waals surface area contributed by atoms with Gasteiger partial charge in [-0.05, 0) is 71.7 Å².